The standard InChI is InChI=1S/C15H14O5S/c1-11-2-8-14(9-3-11)21(18,19)20-10-12-4-6-13(7-5-12)15(16)17/h2-9H,10H2,1H3,(H,16,17). The van der Waals surface area contributed by atoms with E-state index >= 15 is 0 Å². The van der Waals surface area contributed by atoms with E-state index in [1.54, 1.807) is 12.1 Å². The molecule has 0 amide bonds. The van der Waals surface area contributed by atoms with Gasteiger partial charge in [0.2, 0.25) is 0 Å². The van der Waals surface area contributed by atoms with E-state index in [2.05, 4.69) is 0 Å². The molecule has 6 heteroatoms. The molecule has 1 N–H and O–H groups in total. The van der Waals surface area contributed by atoms with Gasteiger partial charge in [-0.25, -0.2) is 4.79 Å². The van der Waals surface area contributed by atoms with Crippen LogP contribution in [0.2, 0.25) is 0 Å². The Morgan fingerprint density at radius 1 is 1.05 bits per heavy atom. The molecule has 0 aromatic heterocycles. The Morgan fingerprint density at radius 3 is 2.14 bits per heavy atom. The number of hydrogen-bond donors (Lipinski definition) is 1. The molecule has 0 saturated carbocycles. The van der Waals surface area contributed by atoms with E-state index < -0.39 is 16.1 Å². The van der Waals surface area contributed by atoms with E-state index in [4.69, 9.17) is 9.29 Å². The number of benzene rings is 2. The summed E-state index contributed by atoms with van der Waals surface area (Å²) in [6.07, 6.45) is 0. The second kappa shape index (κ2) is 6.07. The molecule has 0 radical (unpaired) electrons. The maximum atomic E-state index is 12.0. The fourth-order valence-corrected chi connectivity index (χ4v) is 2.56. The molecule has 0 atom stereocenters. The van der Waals surface area contributed by atoms with Crippen molar-refractivity contribution in [2.45, 2.75) is 18.4 Å². The maximum Gasteiger partial charge on any atom is 0.335 e. The monoisotopic (exact) mass is 306 g/mol. The van der Waals surface area contributed by atoms with Gasteiger partial charge in [0.15, 0.2) is 0 Å². The summed E-state index contributed by atoms with van der Waals surface area (Å²) in [5.41, 5.74) is 1.68. The third-order valence-electron chi connectivity index (χ3n) is 2.89. The molecule has 5 nitrogen and oxygen atoms in total. The van der Waals surface area contributed by atoms with Crippen LogP contribution < -0.4 is 0 Å². The predicted molar refractivity (Wildman–Crippen MR) is 76.6 cm³/mol. The first kappa shape index (κ1) is 15.2. The fourth-order valence-electron chi connectivity index (χ4n) is 1.66. The van der Waals surface area contributed by atoms with Crippen molar-refractivity contribution in [2.75, 3.05) is 0 Å². The van der Waals surface area contributed by atoms with E-state index in [0.717, 1.165) is 5.56 Å². The SMILES string of the molecule is Cc1ccc(S(=O)(=O)OCc2ccc(C(=O)O)cc2)cc1. The average molecular weight is 306 g/mol. The second-order valence-electron chi connectivity index (χ2n) is 4.53. The van der Waals surface area contributed by atoms with Crippen molar-refractivity contribution < 1.29 is 22.5 Å². The van der Waals surface area contributed by atoms with Crippen LogP contribution in [0.1, 0.15) is 21.5 Å². The highest BCUT2D eigenvalue weighted by atomic mass is 32.2. The molecule has 0 saturated heterocycles. The van der Waals surface area contributed by atoms with Crippen molar-refractivity contribution >= 4 is 16.1 Å². The zero-order valence-corrected chi connectivity index (χ0v) is 12.1. The number of carboxylic acid groups (broad SMARTS) is 1. The number of hydrogen-bond acceptors (Lipinski definition) is 4. The van der Waals surface area contributed by atoms with Crippen LogP contribution in [-0.4, -0.2) is 19.5 Å². The molecule has 0 fully saturated rings. The molecule has 0 spiro atoms. The average Bonchev–Trinajstić information content (AvgIpc) is 2.46. The van der Waals surface area contributed by atoms with Gasteiger partial charge in [-0.2, -0.15) is 8.42 Å². The van der Waals surface area contributed by atoms with Crippen molar-refractivity contribution in [1.29, 1.82) is 0 Å². The molecule has 21 heavy (non-hydrogen) atoms. The smallest absolute Gasteiger partial charge is 0.335 e. The summed E-state index contributed by atoms with van der Waals surface area (Å²) in [4.78, 5) is 10.8. The Balaban J connectivity index is 2.08. The Morgan fingerprint density at radius 2 is 1.62 bits per heavy atom. The highest BCUT2D eigenvalue weighted by molar-refractivity contribution is 7.86. The van der Waals surface area contributed by atoms with Gasteiger partial charge >= 0.3 is 5.97 Å². The first-order valence-corrected chi connectivity index (χ1v) is 7.58. The van der Waals surface area contributed by atoms with E-state index in [1.165, 1.54) is 36.4 Å². The molecule has 0 bridgehead atoms. The van der Waals surface area contributed by atoms with Crippen LogP contribution >= 0.6 is 0 Å². The molecular formula is C15H14O5S. The lowest BCUT2D eigenvalue weighted by Crippen LogP contribution is -2.06. The first-order valence-electron chi connectivity index (χ1n) is 6.17. The van der Waals surface area contributed by atoms with Crippen LogP contribution in [0.15, 0.2) is 53.4 Å². The van der Waals surface area contributed by atoms with E-state index in [9.17, 15) is 13.2 Å². The van der Waals surface area contributed by atoms with E-state index in [1.807, 2.05) is 6.92 Å². The van der Waals surface area contributed by atoms with Crippen LogP contribution in [0.5, 0.6) is 0 Å². The molecule has 0 aliphatic rings. The van der Waals surface area contributed by atoms with Crippen molar-refractivity contribution in [2.24, 2.45) is 0 Å². The van der Waals surface area contributed by atoms with Crippen LogP contribution in [0.4, 0.5) is 0 Å². The maximum absolute atomic E-state index is 12.0. The van der Waals surface area contributed by atoms with Crippen LogP contribution in [0.3, 0.4) is 0 Å². The Hall–Kier alpha value is -2.18. The molecule has 0 aliphatic heterocycles. The molecule has 2 aromatic rings. The number of carboxylic acids is 1. The topological polar surface area (TPSA) is 80.7 Å². The van der Waals surface area contributed by atoms with Gasteiger partial charge in [-0.3, -0.25) is 4.18 Å². The highest BCUT2D eigenvalue weighted by Gasteiger charge is 2.15. The fraction of sp³-hybridized carbons (Fsp3) is 0.133. The first-order chi connectivity index (χ1) is 9.88. The zero-order valence-electron chi connectivity index (χ0n) is 11.3. The number of rotatable bonds is 5. The van der Waals surface area contributed by atoms with Crippen LogP contribution in [0.25, 0.3) is 0 Å². The van der Waals surface area contributed by atoms with Gasteiger partial charge in [0.05, 0.1) is 17.1 Å². The summed E-state index contributed by atoms with van der Waals surface area (Å²) >= 11 is 0. The van der Waals surface area contributed by atoms with Gasteiger partial charge in [0, 0.05) is 0 Å². The normalized spacial score (nSPS) is 11.3. The summed E-state index contributed by atoms with van der Waals surface area (Å²) in [6.45, 7) is 1.72. The van der Waals surface area contributed by atoms with Crippen molar-refractivity contribution in [3.05, 3.63) is 65.2 Å². The lowest BCUT2D eigenvalue weighted by Gasteiger charge is -2.06. The Labute approximate surface area is 122 Å². The minimum absolute atomic E-state index is 0.0928. The number of carbonyl (C=O) groups is 1. The lowest BCUT2D eigenvalue weighted by molar-refractivity contribution is 0.0696. The molecule has 110 valence electrons. The van der Waals surface area contributed by atoms with Gasteiger partial charge in [-0.15, -0.1) is 0 Å². The minimum atomic E-state index is -3.82. The Bertz CT molecular complexity index is 731. The van der Waals surface area contributed by atoms with E-state index in [-0.39, 0.29) is 17.1 Å². The summed E-state index contributed by atoms with van der Waals surface area (Å²) in [5.74, 6) is -1.03. The zero-order chi connectivity index (χ0) is 15.5. The van der Waals surface area contributed by atoms with E-state index in [0.29, 0.717) is 5.56 Å². The lowest BCUT2D eigenvalue weighted by atomic mass is 10.1. The summed E-state index contributed by atoms with van der Waals surface area (Å²) in [6, 6.07) is 12.2. The van der Waals surface area contributed by atoms with Gasteiger partial charge < -0.3 is 5.11 Å². The quantitative estimate of drug-likeness (QED) is 0.859. The predicted octanol–water partition coefficient (Wildman–Crippen LogP) is 2.60. The third kappa shape index (κ3) is 3.90. The van der Waals surface area contributed by atoms with Crippen LogP contribution in [0, 0.1) is 6.92 Å². The number of aryl methyl sites for hydroxylation is 1. The van der Waals surface area contributed by atoms with Crippen molar-refractivity contribution in [1.82, 2.24) is 0 Å². The molecule has 0 aliphatic carbocycles. The Kier molecular flexibility index (Phi) is 4.40. The number of aromatic carboxylic acids is 1. The molecule has 2 rings (SSSR count). The third-order valence-corrected chi connectivity index (χ3v) is 4.17. The largest absolute Gasteiger partial charge is 0.478 e. The molecular weight excluding hydrogens is 292 g/mol. The highest BCUT2D eigenvalue weighted by Crippen LogP contribution is 2.15. The van der Waals surface area contributed by atoms with Crippen molar-refractivity contribution in [3.63, 3.8) is 0 Å². The molecule has 0 unspecified atom stereocenters. The van der Waals surface area contributed by atoms with Gasteiger partial charge in [-0.1, -0.05) is 29.8 Å². The van der Waals surface area contributed by atoms with Gasteiger partial charge in [0.25, 0.3) is 10.1 Å². The summed E-state index contributed by atoms with van der Waals surface area (Å²) in [5, 5.41) is 8.78. The van der Waals surface area contributed by atoms with Gasteiger partial charge in [0.1, 0.15) is 0 Å². The molecule has 0 heterocycles. The second-order valence-corrected chi connectivity index (χ2v) is 6.15. The molecule has 2 aromatic carbocycles. The van der Waals surface area contributed by atoms with Crippen molar-refractivity contribution in [3.8, 4) is 0 Å². The van der Waals surface area contributed by atoms with Crippen LogP contribution in [-0.2, 0) is 20.9 Å². The summed E-state index contributed by atoms with van der Waals surface area (Å²) in [7, 11) is -3.82. The minimum Gasteiger partial charge on any atom is -0.478 e. The summed E-state index contributed by atoms with van der Waals surface area (Å²) < 4.78 is 28.9. The van der Waals surface area contributed by atoms with Gasteiger partial charge in [-0.05, 0) is 36.8 Å².